The van der Waals surface area contributed by atoms with E-state index in [1.165, 1.54) is 3.97 Å². The molecule has 0 aliphatic heterocycles. The second kappa shape index (κ2) is 4.90. The normalized spacial score (nSPS) is 11.7. The summed E-state index contributed by atoms with van der Waals surface area (Å²) in [7, 11) is -3.60. The maximum absolute atomic E-state index is 12.9. The summed E-state index contributed by atoms with van der Waals surface area (Å²) in [5, 5.41) is 0.893. The van der Waals surface area contributed by atoms with Crippen molar-refractivity contribution in [1.82, 2.24) is 3.97 Å². The first-order valence-electron chi connectivity index (χ1n) is 6.60. The molecule has 0 aliphatic rings. The molecule has 0 N–H and O–H groups in total. The van der Waals surface area contributed by atoms with E-state index in [0.29, 0.717) is 11.2 Å². The van der Waals surface area contributed by atoms with E-state index in [9.17, 15) is 8.42 Å². The van der Waals surface area contributed by atoms with Crippen molar-refractivity contribution in [3.63, 3.8) is 0 Å². The summed E-state index contributed by atoms with van der Waals surface area (Å²) in [6.45, 7) is 5.58. The van der Waals surface area contributed by atoms with E-state index in [1.54, 1.807) is 43.3 Å². The van der Waals surface area contributed by atoms with Gasteiger partial charge in [-0.15, -0.1) is 0 Å². The van der Waals surface area contributed by atoms with Gasteiger partial charge in [0.1, 0.15) is 0 Å². The molecule has 0 radical (unpaired) electrons. The van der Waals surface area contributed by atoms with Crippen molar-refractivity contribution in [2.45, 2.75) is 11.8 Å². The SMILES string of the molecule is C=Cc1cccc2c1cc(C)n2S(=O)(=O)c1ccccc1. The first-order valence-corrected chi connectivity index (χ1v) is 8.04. The van der Waals surface area contributed by atoms with Crippen molar-refractivity contribution in [2.75, 3.05) is 0 Å². The first kappa shape index (κ1) is 13.6. The fourth-order valence-corrected chi connectivity index (χ4v) is 4.12. The van der Waals surface area contributed by atoms with Gasteiger partial charge in [0, 0.05) is 11.1 Å². The smallest absolute Gasteiger partial charge is 0.238 e. The molecule has 0 saturated heterocycles. The third kappa shape index (κ3) is 2.08. The highest BCUT2D eigenvalue weighted by atomic mass is 32.2. The molecule has 1 aromatic heterocycles. The van der Waals surface area contributed by atoms with Crippen LogP contribution in [0.4, 0.5) is 0 Å². The number of rotatable bonds is 3. The van der Waals surface area contributed by atoms with E-state index in [0.717, 1.165) is 10.9 Å². The summed E-state index contributed by atoms with van der Waals surface area (Å²) >= 11 is 0. The highest BCUT2D eigenvalue weighted by Gasteiger charge is 2.21. The van der Waals surface area contributed by atoms with Gasteiger partial charge < -0.3 is 0 Å². The summed E-state index contributed by atoms with van der Waals surface area (Å²) in [4.78, 5) is 0.287. The molecule has 21 heavy (non-hydrogen) atoms. The van der Waals surface area contributed by atoms with Crippen molar-refractivity contribution in [1.29, 1.82) is 0 Å². The second-order valence-corrected chi connectivity index (χ2v) is 6.64. The van der Waals surface area contributed by atoms with E-state index in [1.807, 2.05) is 24.3 Å². The topological polar surface area (TPSA) is 39.1 Å². The lowest BCUT2D eigenvalue weighted by Gasteiger charge is -2.10. The largest absolute Gasteiger partial charge is 0.268 e. The van der Waals surface area contributed by atoms with Gasteiger partial charge in [-0.1, -0.05) is 43.0 Å². The summed E-state index contributed by atoms with van der Waals surface area (Å²) in [5.41, 5.74) is 2.29. The Balaban J connectivity index is 2.36. The predicted molar refractivity (Wildman–Crippen MR) is 85.8 cm³/mol. The van der Waals surface area contributed by atoms with Crippen molar-refractivity contribution in [3.05, 3.63) is 72.4 Å². The lowest BCUT2D eigenvalue weighted by molar-refractivity contribution is 0.588. The van der Waals surface area contributed by atoms with Crippen LogP contribution in [0.15, 0.2) is 66.1 Å². The van der Waals surface area contributed by atoms with Crippen molar-refractivity contribution in [2.24, 2.45) is 0 Å². The maximum Gasteiger partial charge on any atom is 0.268 e. The average molecular weight is 297 g/mol. The molecule has 3 rings (SSSR count). The zero-order valence-electron chi connectivity index (χ0n) is 11.7. The molecule has 0 fully saturated rings. The molecular formula is C17H15NO2S. The minimum Gasteiger partial charge on any atom is -0.238 e. The highest BCUT2D eigenvalue weighted by Crippen LogP contribution is 2.28. The molecule has 0 saturated carbocycles. The van der Waals surface area contributed by atoms with Gasteiger partial charge >= 0.3 is 0 Å². The number of hydrogen-bond donors (Lipinski definition) is 0. The fraction of sp³-hybridized carbons (Fsp3) is 0.0588. The van der Waals surface area contributed by atoms with Crippen LogP contribution in [0, 0.1) is 6.92 Å². The monoisotopic (exact) mass is 297 g/mol. The minimum absolute atomic E-state index is 0.287. The van der Waals surface area contributed by atoms with Crippen LogP contribution >= 0.6 is 0 Å². The molecule has 3 nitrogen and oxygen atoms in total. The molecule has 106 valence electrons. The van der Waals surface area contributed by atoms with Crippen molar-refractivity contribution in [3.8, 4) is 0 Å². The predicted octanol–water partition coefficient (Wildman–Crippen LogP) is 3.83. The summed E-state index contributed by atoms with van der Waals surface area (Å²) in [6, 6.07) is 15.9. The number of aryl methyl sites for hydroxylation is 1. The van der Waals surface area contributed by atoms with Crippen LogP contribution in [0.3, 0.4) is 0 Å². The molecule has 3 aromatic rings. The van der Waals surface area contributed by atoms with Gasteiger partial charge in [0.25, 0.3) is 10.0 Å². The molecule has 0 aliphatic carbocycles. The third-order valence-corrected chi connectivity index (χ3v) is 5.34. The Bertz CT molecular complexity index is 922. The van der Waals surface area contributed by atoms with Gasteiger partial charge in [-0.2, -0.15) is 0 Å². The van der Waals surface area contributed by atoms with Crippen LogP contribution in [-0.4, -0.2) is 12.4 Å². The lowest BCUT2D eigenvalue weighted by atomic mass is 10.1. The van der Waals surface area contributed by atoms with Gasteiger partial charge in [-0.05, 0) is 36.8 Å². The third-order valence-electron chi connectivity index (χ3n) is 3.51. The Morgan fingerprint density at radius 1 is 1.05 bits per heavy atom. The molecule has 0 atom stereocenters. The fourth-order valence-electron chi connectivity index (χ4n) is 2.56. The second-order valence-electron chi connectivity index (χ2n) is 4.85. The van der Waals surface area contributed by atoms with Gasteiger partial charge in [0.15, 0.2) is 0 Å². The van der Waals surface area contributed by atoms with Gasteiger partial charge in [0.05, 0.1) is 10.4 Å². The molecule has 2 aromatic carbocycles. The van der Waals surface area contributed by atoms with Crippen molar-refractivity contribution < 1.29 is 8.42 Å². The lowest BCUT2D eigenvalue weighted by Crippen LogP contribution is -2.14. The van der Waals surface area contributed by atoms with Crippen molar-refractivity contribution >= 4 is 27.0 Å². The Morgan fingerprint density at radius 2 is 1.76 bits per heavy atom. The van der Waals surface area contributed by atoms with Crippen LogP contribution in [0.25, 0.3) is 17.0 Å². The molecule has 0 bridgehead atoms. The molecule has 1 heterocycles. The van der Waals surface area contributed by atoms with E-state index in [2.05, 4.69) is 6.58 Å². The van der Waals surface area contributed by atoms with E-state index >= 15 is 0 Å². The van der Waals surface area contributed by atoms with Crippen LogP contribution < -0.4 is 0 Å². The minimum atomic E-state index is -3.60. The number of benzene rings is 2. The Kier molecular flexibility index (Phi) is 3.18. The van der Waals surface area contributed by atoms with Crippen LogP contribution in [0.5, 0.6) is 0 Å². The zero-order chi connectivity index (χ0) is 15.0. The molecule has 0 spiro atoms. The summed E-state index contributed by atoms with van der Waals surface area (Å²) < 4.78 is 27.1. The van der Waals surface area contributed by atoms with E-state index in [-0.39, 0.29) is 4.90 Å². The van der Waals surface area contributed by atoms with Gasteiger partial charge in [0.2, 0.25) is 0 Å². The zero-order valence-corrected chi connectivity index (χ0v) is 12.5. The number of aromatic nitrogens is 1. The first-order chi connectivity index (χ1) is 10.1. The number of hydrogen-bond acceptors (Lipinski definition) is 2. The summed E-state index contributed by atoms with van der Waals surface area (Å²) in [5.74, 6) is 0. The van der Waals surface area contributed by atoms with E-state index < -0.39 is 10.0 Å². The molecular weight excluding hydrogens is 282 g/mol. The Morgan fingerprint density at radius 3 is 2.43 bits per heavy atom. The van der Waals surface area contributed by atoms with Crippen LogP contribution in [0.1, 0.15) is 11.3 Å². The average Bonchev–Trinajstić information content (AvgIpc) is 2.84. The van der Waals surface area contributed by atoms with Gasteiger partial charge in [-0.25, -0.2) is 12.4 Å². The Labute approximate surface area is 124 Å². The Hall–Kier alpha value is -2.33. The molecule has 4 heteroatoms. The van der Waals surface area contributed by atoms with E-state index in [4.69, 9.17) is 0 Å². The summed E-state index contributed by atoms with van der Waals surface area (Å²) in [6.07, 6.45) is 1.74. The number of nitrogens with zero attached hydrogens (tertiary/aromatic N) is 1. The van der Waals surface area contributed by atoms with Gasteiger partial charge in [-0.3, -0.25) is 0 Å². The highest BCUT2D eigenvalue weighted by molar-refractivity contribution is 7.90. The quantitative estimate of drug-likeness (QED) is 0.737. The standard InChI is InChI=1S/C17H15NO2S/c1-3-14-8-7-11-17-16(14)12-13(2)18(17)21(19,20)15-9-5-4-6-10-15/h3-12H,1H2,2H3. The number of fused-ring (bicyclic) bond motifs is 1. The maximum atomic E-state index is 12.9. The van der Waals surface area contributed by atoms with Crippen LogP contribution in [0.2, 0.25) is 0 Å². The molecule has 0 amide bonds. The molecule has 0 unspecified atom stereocenters. The van der Waals surface area contributed by atoms with Crippen LogP contribution in [-0.2, 0) is 10.0 Å².